The summed E-state index contributed by atoms with van der Waals surface area (Å²) >= 11 is 0. The van der Waals surface area contributed by atoms with Crippen molar-refractivity contribution in [2.45, 2.75) is 45.6 Å². The quantitative estimate of drug-likeness (QED) is 0.550. The fourth-order valence-corrected chi connectivity index (χ4v) is 1.21. The van der Waals surface area contributed by atoms with Gasteiger partial charge in [0, 0.05) is 0 Å². The van der Waals surface area contributed by atoms with Crippen LogP contribution in [0.15, 0.2) is 0 Å². The summed E-state index contributed by atoms with van der Waals surface area (Å²) in [5.41, 5.74) is 0.259. The van der Waals surface area contributed by atoms with E-state index in [-0.39, 0.29) is 5.60 Å². The summed E-state index contributed by atoms with van der Waals surface area (Å²) in [6, 6.07) is 0. The zero-order valence-corrected chi connectivity index (χ0v) is 7.31. The van der Waals surface area contributed by atoms with Crippen LogP contribution in [0.1, 0.15) is 40.0 Å². The summed E-state index contributed by atoms with van der Waals surface area (Å²) in [5.74, 6) is 0.757. The van der Waals surface area contributed by atoms with E-state index in [0.29, 0.717) is 0 Å². The van der Waals surface area contributed by atoms with Crippen molar-refractivity contribution in [3.8, 4) is 0 Å². The Kier molecular flexibility index (Phi) is 2.35. The molecule has 1 nitrogen and oxygen atoms in total. The van der Waals surface area contributed by atoms with Gasteiger partial charge >= 0.3 is 0 Å². The lowest BCUT2D eigenvalue weighted by molar-refractivity contribution is 0.235. The van der Waals surface area contributed by atoms with Gasteiger partial charge < -0.3 is 4.74 Å². The fraction of sp³-hybridized carbons (Fsp3) is 1.00. The Labute approximate surface area is 63.8 Å². The van der Waals surface area contributed by atoms with Gasteiger partial charge in [-0.3, -0.25) is 0 Å². The first kappa shape index (κ1) is 8.06. The van der Waals surface area contributed by atoms with Crippen molar-refractivity contribution in [1.82, 2.24) is 0 Å². The maximum Gasteiger partial charge on any atom is 0.0913 e. The molecule has 0 saturated carbocycles. The highest BCUT2D eigenvalue weighted by atomic mass is 16.6. The summed E-state index contributed by atoms with van der Waals surface area (Å²) < 4.78 is 5.35. The Bertz CT molecular complexity index is 105. The van der Waals surface area contributed by atoms with Crippen LogP contribution in [-0.2, 0) is 4.74 Å². The smallest absolute Gasteiger partial charge is 0.0913 e. The lowest BCUT2D eigenvalue weighted by Gasteiger charge is -2.14. The van der Waals surface area contributed by atoms with Crippen molar-refractivity contribution in [3.63, 3.8) is 0 Å². The minimum Gasteiger partial charge on any atom is -0.370 e. The molecule has 0 aliphatic carbocycles. The van der Waals surface area contributed by atoms with Gasteiger partial charge in [-0.2, -0.15) is 0 Å². The minimum atomic E-state index is 0.259. The molecule has 10 heavy (non-hydrogen) atoms. The first-order chi connectivity index (χ1) is 4.69. The van der Waals surface area contributed by atoms with Crippen molar-refractivity contribution in [2.75, 3.05) is 6.61 Å². The van der Waals surface area contributed by atoms with Crippen molar-refractivity contribution in [2.24, 2.45) is 5.92 Å². The largest absolute Gasteiger partial charge is 0.370 e. The Morgan fingerprint density at radius 1 is 1.60 bits per heavy atom. The number of rotatable bonds is 4. The van der Waals surface area contributed by atoms with E-state index < -0.39 is 0 Å². The van der Waals surface area contributed by atoms with Gasteiger partial charge in [0.2, 0.25) is 0 Å². The Hall–Kier alpha value is -0.0400. The minimum absolute atomic E-state index is 0.259. The lowest BCUT2D eigenvalue weighted by Crippen LogP contribution is -2.16. The maximum atomic E-state index is 5.35. The van der Waals surface area contributed by atoms with E-state index in [1.807, 2.05) is 0 Å². The third-order valence-electron chi connectivity index (χ3n) is 2.63. The molecule has 60 valence electrons. The van der Waals surface area contributed by atoms with Crippen LogP contribution in [0.2, 0.25) is 0 Å². The van der Waals surface area contributed by atoms with E-state index in [0.717, 1.165) is 12.5 Å². The first-order valence-corrected chi connectivity index (χ1v) is 4.33. The average molecular weight is 142 g/mol. The van der Waals surface area contributed by atoms with Gasteiger partial charge in [0.15, 0.2) is 0 Å². The molecule has 0 aromatic carbocycles. The Balaban J connectivity index is 2.15. The number of epoxide rings is 1. The first-order valence-electron chi connectivity index (χ1n) is 4.33. The third kappa shape index (κ3) is 1.72. The van der Waals surface area contributed by atoms with E-state index in [1.165, 1.54) is 19.3 Å². The standard InChI is InChI=1S/C9H18O/c1-4-5-6-8(2)9(3)7-10-9/h8H,4-7H2,1-3H3. The molecule has 1 heteroatoms. The van der Waals surface area contributed by atoms with E-state index in [1.54, 1.807) is 0 Å². The molecule has 1 aliphatic rings. The van der Waals surface area contributed by atoms with Crippen LogP contribution in [0.25, 0.3) is 0 Å². The molecule has 2 atom stereocenters. The van der Waals surface area contributed by atoms with Crippen LogP contribution >= 0.6 is 0 Å². The van der Waals surface area contributed by atoms with E-state index in [4.69, 9.17) is 4.74 Å². The topological polar surface area (TPSA) is 12.5 Å². The second-order valence-corrected chi connectivity index (χ2v) is 3.64. The van der Waals surface area contributed by atoms with Crippen molar-refractivity contribution >= 4 is 0 Å². The van der Waals surface area contributed by atoms with Crippen LogP contribution in [0.5, 0.6) is 0 Å². The molecule has 0 radical (unpaired) electrons. The molecule has 0 aromatic heterocycles. The molecule has 1 heterocycles. The monoisotopic (exact) mass is 142 g/mol. The summed E-state index contributed by atoms with van der Waals surface area (Å²) in [5, 5.41) is 0. The van der Waals surface area contributed by atoms with Crippen LogP contribution in [0.3, 0.4) is 0 Å². The van der Waals surface area contributed by atoms with Crippen molar-refractivity contribution in [1.29, 1.82) is 0 Å². The third-order valence-corrected chi connectivity index (χ3v) is 2.63. The molecule has 0 amide bonds. The van der Waals surface area contributed by atoms with Gasteiger partial charge in [-0.1, -0.05) is 26.7 Å². The van der Waals surface area contributed by atoms with Gasteiger partial charge in [-0.25, -0.2) is 0 Å². The zero-order chi connectivity index (χ0) is 7.61. The van der Waals surface area contributed by atoms with Crippen LogP contribution in [0.4, 0.5) is 0 Å². The molecule has 0 N–H and O–H groups in total. The van der Waals surface area contributed by atoms with Crippen LogP contribution in [0, 0.1) is 5.92 Å². The molecule has 0 bridgehead atoms. The molecule has 0 aromatic rings. The summed E-state index contributed by atoms with van der Waals surface area (Å²) in [7, 11) is 0. The molecular formula is C9H18O. The summed E-state index contributed by atoms with van der Waals surface area (Å²) in [4.78, 5) is 0. The predicted molar refractivity (Wildman–Crippen MR) is 43.0 cm³/mol. The highest BCUT2D eigenvalue weighted by Crippen LogP contribution is 2.36. The van der Waals surface area contributed by atoms with Gasteiger partial charge in [0.25, 0.3) is 0 Å². The zero-order valence-electron chi connectivity index (χ0n) is 7.31. The summed E-state index contributed by atoms with van der Waals surface area (Å²) in [6.45, 7) is 7.73. The average Bonchev–Trinajstić information content (AvgIpc) is 2.64. The van der Waals surface area contributed by atoms with Crippen molar-refractivity contribution in [3.05, 3.63) is 0 Å². The van der Waals surface area contributed by atoms with Gasteiger partial charge in [-0.15, -0.1) is 0 Å². The lowest BCUT2D eigenvalue weighted by atomic mass is 9.92. The number of unbranched alkanes of at least 4 members (excludes halogenated alkanes) is 1. The van der Waals surface area contributed by atoms with Gasteiger partial charge in [0.05, 0.1) is 12.2 Å². The Morgan fingerprint density at radius 3 is 2.60 bits per heavy atom. The predicted octanol–water partition coefficient (Wildman–Crippen LogP) is 2.60. The molecular weight excluding hydrogens is 124 g/mol. The fourth-order valence-electron chi connectivity index (χ4n) is 1.21. The Morgan fingerprint density at radius 2 is 2.20 bits per heavy atom. The number of hydrogen-bond acceptors (Lipinski definition) is 1. The molecule has 1 rings (SSSR count). The van der Waals surface area contributed by atoms with Gasteiger partial charge in [-0.05, 0) is 19.3 Å². The van der Waals surface area contributed by atoms with Crippen LogP contribution < -0.4 is 0 Å². The maximum absolute atomic E-state index is 5.35. The highest BCUT2D eigenvalue weighted by Gasteiger charge is 2.43. The van der Waals surface area contributed by atoms with E-state index in [9.17, 15) is 0 Å². The highest BCUT2D eigenvalue weighted by molar-refractivity contribution is 4.91. The number of hydrogen-bond donors (Lipinski definition) is 0. The molecule has 0 spiro atoms. The molecule has 1 aliphatic heterocycles. The molecule has 2 unspecified atom stereocenters. The SMILES string of the molecule is CCCCC(C)C1(C)CO1. The summed E-state index contributed by atoms with van der Waals surface area (Å²) in [6.07, 6.45) is 3.98. The second kappa shape index (κ2) is 2.91. The van der Waals surface area contributed by atoms with E-state index >= 15 is 0 Å². The van der Waals surface area contributed by atoms with Crippen molar-refractivity contribution < 1.29 is 4.74 Å². The number of ether oxygens (including phenoxy) is 1. The molecule has 1 fully saturated rings. The van der Waals surface area contributed by atoms with Crippen LogP contribution in [-0.4, -0.2) is 12.2 Å². The second-order valence-electron chi connectivity index (χ2n) is 3.64. The van der Waals surface area contributed by atoms with Gasteiger partial charge in [0.1, 0.15) is 0 Å². The normalized spacial score (nSPS) is 33.9. The van der Waals surface area contributed by atoms with E-state index in [2.05, 4.69) is 20.8 Å². The molecule has 1 saturated heterocycles.